The normalized spacial score (nSPS) is 25.3. The Morgan fingerprint density at radius 1 is 1.69 bits per heavy atom. The molecule has 1 aliphatic carbocycles. The van der Waals surface area contributed by atoms with Gasteiger partial charge < -0.3 is 5.73 Å². The third-order valence-corrected chi connectivity index (χ3v) is 1.89. The Labute approximate surface area is 80.4 Å². The number of nitrogens with one attached hydrogen (secondary N) is 1. The van der Waals surface area contributed by atoms with Crippen LogP contribution in [0.15, 0.2) is 5.10 Å². The van der Waals surface area contributed by atoms with Gasteiger partial charge in [-0.25, -0.2) is 0 Å². The lowest BCUT2D eigenvalue weighted by Gasteiger charge is -1.96. The van der Waals surface area contributed by atoms with Gasteiger partial charge >= 0.3 is 0 Å². The fourth-order valence-electron chi connectivity index (χ4n) is 1.02. The summed E-state index contributed by atoms with van der Waals surface area (Å²) in [5.74, 6) is -0.950. The molecule has 13 heavy (non-hydrogen) atoms. The van der Waals surface area contributed by atoms with Crippen LogP contribution in [0.2, 0.25) is 0 Å². The molecule has 0 radical (unpaired) electrons. The second-order valence-corrected chi connectivity index (χ2v) is 3.20. The Morgan fingerprint density at radius 3 is 2.69 bits per heavy atom. The van der Waals surface area contributed by atoms with Crippen LogP contribution in [0, 0.1) is 5.92 Å². The zero-order valence-corrected chi connectivity index (χ0v) is 7.85. The minimum absolute atomic E-state index is 0.0210. The number of Topliss-reactive ketones (excluding diaryl/α,β-unsaturated/α-hetero) is 2. The summed E-state index contributed by atoms with van der Waals surface area (Å²) < 4.78 is 0. The van der Waals surface area contributed by atoms with Gasteiger partial charge in [-0.05, 0) is 19.1 Å². The number of carbonyl (C=O) groups is 2. The first-order valence-corrected chi connectivity index (χ1v) is 4.12. The Morgan fingerprint density at radius 2 is 2.31 bits per heavy atom. The topological polar surface area (TPSA) is 84.6 Å². The maximum Gasteiger partial charge on any atom is 0.189 e. The molecule has 1 aliphatic rings. The Hall–Kier alpha value is -1.30. The first-order valence-electron chi connectivity index (χ1n) is 3.71. The third-order valence-electron chi connectivity index (χ3n) is 1.80. The molecule has 1 saturated carbocycles. The predicted molar refractivity (Wildman–Crippen MR) is 51.2 cm³/mol. The van der Waals surface area contributed by atoms with Crippen molar-refractivity contribution in [1.82, 2.24) is 5.43 Å². The minimum Gasteiger partial charge on any atom is -0.375 e. The molecule has 0 aromatic heterocycles. The zero-order chi connectivity index (χ0) is 10.0. The Kier molecular flexibility index (Phi) is 2.72. The van der Waals surface area contributed by atoms with E-state index in [-0.39, 0.29) is 28.8 Å². The molecule has 0 spiro atoms. The zero-order valence-electron chi connectivity index (χ0n) is 7.03. The van der Waals surface area contributed by atoms with E-state index in [2.05, 4.69) is 22.7 Å². The summed E-state index contributed by atoms with van der Waals surface area (Å²) in [4.78, 5) is 22.3. The highest BCUT2D eigenvalue weighted by molar-refractivity contribution is 7.80. The molecule has 6 heteroatoms. The number of nitrogens with zero attached hydrogens (tertiary/aromatic N) is 1. The SMILES string of the molecule is CC1C(=O)C/C(=N/NC(N)=S)C1=O. The lowest BCUT2D eigenvalue weighted by atomic mass is 10.1. The van der Waals surface area contributed by atoms with Crippen LogP contribution in [0.5, 0.6) is 0 Å². The lowest BCUT2D eigenvalue weighted by molar-refractivity contribution is -0.125. The molecular weight excluding hydrogens is 190 g/mol. The van der Waals surface area contributed by atoms with Crippen molar-refractivity contribution in [2.75, 3.05) is 0 Å². The van der Waals surface area contributed by atoms with Crippen molar-refractivity contribution in [3.63, 3.8) is 0 Å². The highest BCUT2D eigenvalue weighted by atomic mass is 32.1. The van der Waals surface area contributed by atoms with E-state index in [0.29, 0.717) is 0 Å². The molecule has 0 aliphatic heterocycles. The number of thiocarbonyl (C=S) groups is 1. The van der Waals surface area contributed by atoms with Crippen LogP contribution in [0.25, 0.3) is 0 Å². The van der Waals surface area contributed by atoms with E-state index in [9.17, 15) is 9.59 Å². The molecule has 5 nitrogen and oxygen atoms in total. The number of hydrazone groups is 1. The molecule has 0 saturated heterocycles. The average molecular weight is 199 g/mol. The van der Waals surface area contributed by atoms with E-state index >= 15 is 0 Å². The van der Waals surface area contributed by atoms with Gasteiger partial charge in [0.2, 0.25) is 0 Å². The summed E-state index contributed by atoms with van der Waals surface area (Å²) in [6.45, 7) is 1.56. The van der Waals surface area contributed by atoms with Crippen molar-refractivity contribution in [1.29, 1.82) is 0 Å². The van der Waals surface area contributed by atoms with E-state index in [1.807, 2.05) is 0 Å². The van der Waals surface area contributed by atoms with E-state index in [1.165, 1.54) is 0 Å². The number of rotatable bonds is 1. The summed E-state index contributed by atoms with van der Waals surface area (Å²) in [6.07, 6.45) is 0.0651. The molecule has 1 atom stereocenters. The van der Waals surface area contributed by atoms with E-state index < -0.39 is 5.92 Å². The fourth-order valence-corrected chi connectivity index (χ4v) is 1.06. The molecule has 70 valence electrons. The molecule has 0 heterocycles. The van der Waals surface area contributed by atoms with Gasteiger partial charge in [0.15, 0.2) is 10.9 Å². The van der Waals surface area contributed by atoms with E-state index in [0.717, 1.165) is 0 Å². The highest BCUT2D eigenvalue weighted by Gasteiger charge is 2.34. The second kappa shape index (κ2) is 3.61. The highest BCUT2D eigenvalue weighted by Crippen LogP contribution is 2.14. The third kappa shape index (κ3) is 2.09. The van der Waals surface area contributed by atoms with Gasteiger partial charge in [0.05, 0.1) is 12.3 Å². The second-order valence-electron chi connectivity index (χ2n) is 2.76. The van der Waals surface area contributed by atoms with Crippen LogP contribution in [-0.4, -0.2) is 22.4 Å². The van der Waals surface area contributed by atoms with Crippen molar-refractivity contribution >= 4 is 34.6 Å². The lowest BCUT2D eigenvalue weighted by Crippen LogP contribution is -2.26. The van der Waals surface area contributed by atoms with Crippen LogP contribution in [-0.2, 0) is 9.59 Å². The van der Waals surface area contributed by atoms with Crippen LogP contribution in [0.3, 0.4) is 0 Å². The number of hydrogen-bond acceptors (Lipinski definition) is 4. The molecule has 0 bridgehead atoms. The standard InChI is InChI=1S/C7H9N3O2S/c1-3-5(11)2-4(6(3)12)9-10-7(8)13/h3H,2H2,1H3,(H3,8,10,13)/b9-4-. The van der Waals surface area contributed by atoms with Gasteiger partial charge in [-0.2, -0.15) is 5.10 Å². The van der Waals surface area contributed by atoms with E-state index in [4.69, 9.17) is 5.73 Å². The number of carbonyl (C=O) groups excluding carboxylic acids is 2. The van der Waals surface area contributed by atoms with Crippen molar-refractivity contribution in [2.24, 2.45) is 16.8 Å². The molecule has 0 amide bonds. The molecule has 1 unspecified atom stereocenters. The van der Waals surface area contributed by atoms with Crippen LogP contribution in [0.4, 0.5) is 0 Å². The van der Waals surface area contributed by atoms with Crippen molar-refractivity contribution in [3.05, 3.63) is 0 Å². The maximum absolute atomic E-state index is 11.3. The maximum atomic E-state index is 11.3. The van der Waals surface area contributed by atoms with Crippen molar-refractivity contribution in [2.45, 2.75) is 13.3 Å². The number of hydrogen-bond donors (Lipinski definition) is 2. The molecule has 0 aromatic rings. The number of nitrogens with two attached hydrogens (primary N) is 1. The Bertz CT molecular complexity index is 311. The molecular formula is C7H9N3O2S. The van der Waals surface area contributed by atoms with Crippen molar-refractivity contribution in [3.8, 4) is 0 Å². The smallest absolute Gasteiger partial charge is 0.189 e. The van der Waals surface area contributed by atoms with Crippen LogP contribution in [0.1, 0.15) is 13.3 Å². The molecule has 3 N–H and O–H groups in total. The summed E-state index contributed by atoms with van der Waals surface area (Å²) >= 11 is 4.49. The summed E-state index contributed by atoms with van der Waals surface area (Å²) in [5.41, 5.74) is 7.58. The largest absolute Gasteiger partial charge is 0.375 e. The van der Waals surface area contributed by atoms with Gasteiger partial charge in [0.25, 0.3) is 0 Å². The first-order chi connectivity index (χ1) is 6.02. The van der Waals surface area contributed by atoms with Gasteiger partial charge in [-0.15, -0.1) is 0 Å². The Balaban J connectivity index is 2.74. The summed E-state index contributed by atoms with van der Waals surface area (Å²) in [5, 5.41) is 3.61. The quantitative estimate of drug-likeness (QED) is 0.333. The summed E-state index contributed by atoms with van der Waals surface area (Å²) in [7, 11) is 0. The predicted octanol–water partition coefficient (Wildman–Crippen LogP) is -0.646. The molecule has 0 aromatic carbocycles. The van der Waals surface area contributed by atoms with Crippen LogP contribution < -0.4 is 11.2 Å². The van der Waals surface area contributed by atoms with Crippen molar-refractivity contribution < 1.29 is 9.59 Å². The minimum atomic E-state index is -0.577. The fraction of sp³-hybridized carbons (Fsp3) is 0.429. The summed E-state index contributed by atoms with van der Waals surface area (Å²) in [6, 6.07) is 0. The van der Waals surface area contributed by atoms with Crippen LogP contribution >= 0.6 is 12.2 Å². The average Bonchev–Trinajstić information content (AvgIpc) is 2.29. The van der Waals surface area contributed by atoms with Gasteiger partial charge in [0.1, 0.15) is 11.5 Å². The van der Waals surface area contributed by atoms with Gasteiger partial charge in [0, 0.05) is 0 Å². The van der Waals surface area contributed by atoms with E-state index in [1.54, 1.807) is 6.92 Å². The first kappa shape index (κ1) is 9.79. The molecule has 1 fully saturated rings. The number of ketones is 2. The van der Waals surface area contributed by atoms with Gasteiger partial charge in [-0.3, -0.25) is 15.0 Å². The monoisotopic (exact) mass is 199 g/mol. The van der Waals surface area contributed by atoms with Gasteiger partial charge in [-0.1, -0.05) is 0 Å². The molecule has 1 rings (SSSR count).